The van der Waals surface area contributed by atoms with Gasteiger partial charge < -0.3 is 19.6 Å². The fourth-order valence-electron chi connectivity index (χ4n) is 2.37. The lowest BCUT2D eigenvalue weighted by Crippen LogP contribution is -2.34. The Balaban J connectivity index is 2.07. The number of rotatable bonds is 8. The first-order valence-electron chi connectivity index (χ1n) is 7.73. The Morgan fingerprint density at radius 3 is 2.71 bits per heavy atom. The molecule has 0 amide bonds. The number of benzene rings is 1. The van der Waals surface area contributed by atoms with E-state index in [1.54, 1.807) is 25.1 Å². The van der Waals surface area contributed by atoms with Gasteiger partial charge in [-0.1, -0.05) is 0 Å². The molecule has 0 fully saturated rings. The summed E-state index contributed by atoms with van der Waals surface area (Å²) in [6.45, 7) is 6.33. The Hall–Kier alpha value is -2.38. The SMILES string of the molecule is CCOc1ccc([N+](=O)[O-])cc1CNCC(C)(O)c1ccc(C)o1. The van der Waals surface area contributed by atoms with Crippen molar-refractivity contribution in [3.63, 3.8) is 0 Å². The van der Waals surface area contributed by atoms with Crippen LogP contribution in [0.15, 0.2) is 34.7 Å². The normalized spacial score (nSPS) is 13.5. The summed E-state index contributed by atoms with van der Waals surface area (Å²) in [4.78, 5) is 10.5. The first-order valence-corrected chi connectivity index (χ1v) is 7.73. The molecule has 1 aromatic carbocycles. The molecule has 7 nitrogen and oxygen atoms in total. The van der Waals surface area contributed by atoms with Gasteiger partial charge in [0.15, 0.2) is 0 Å². The minimum atomic E-state index is -1.18. The van der Waals surface area contributed by atoms with Crippen molar-refractivity contribution in [3.8, 4) is 5.75 Å². The highest BCUT2D eigenvalue weighted by atomic mass is 16.6. The Morgan fingerprint density at radius 1 is 1.38 bits per heavy atom. The number of nitro groups is 1. The van der Waals surface area contributed by atoms with E-state index in [2.05, 4.69) is 5.32 Å². The van der Waals surface area contributed by atoms with E-state index in [-0.39, 0.29) is 12.2 Å². The van der Waals surface area contributed by atoms with Crippen LogP contribution in [0, 0.1) is 17.0 Å². The molecule has 2 N–H and O–H groups in total. The first kappa shape index (κ1) is 18.0. The number of hydrogen-bond donors (Lipinski definition) is 2. The second kappa shape index (κ2) is 7.46. The molecule has 0 aliphatic carbocycles. The maximum atomic E-state index is 10.9. The highest BCUT2D eigenvalue weighted by Crippen LogP contribution is 2.25. The van der Waals surface area contributed by atoms with Crippen LogP contribution < -0.4 is 10.1 Å². The molecule has 0 aliphatic rings. The molecule has 0 bridgehead atoms. The number of aryl methyl sites for hydroxylation is 1. The summed E-state index contributed by atoms with van der Waals surface area (Å²) in [6, 6.07) is 8.00. The summed E-state index contributed by atoms with van der Waals surface area (Å²) < 4.78 is 11.0. The number of nitro benzene ring substituents is 1. The molecule has 1 heterocycles. The maximum Gasteiger partial charge on any atom is 0.270 e. The average Bonchev–Trinajstić information content (AvgIpc) is 2.96. The number of nitrogens with zero attached hydrogens (tertiary/aromatic N) is 1. The van der Waals surface area contributed by atoms with E-state index in [1.165, 1.54) is 12.1 Å². The molecule has 2 aromatic rings. The maximum absolute atomic E-state index is 10.9. The fourth-order valence-corrected chi connectivity index (χ4v) is 2.37. The van der Waals surface area contributed by atoms with Gasteiger partial charge in [0.2, 0.25) is 0 Å². The first-order chi connectivity index (χ1) is 11.3. The lowest BCUT2D eigenvalue weighted by Gasteiger charge is -2.21. The minimum absolute atomic E-state index is 0.00340. The average molecular weight is 334 g/mol. The molecule has 0 spiro atoms. The van der Waals surface area contributed by atoms with Crippen LogP contribution in [0.2, 0.25) is 0 Å². The summed E-state index contributed by atoms with van der Waals surface area (Å²) in [5, 5.41) is 24.5. The smallest absolute Gasteiger partial charge is 0.270 e. The van der Waals surface area contributed by atoms with Gasteiger partial charge >= 0.3 is 0 Å². The standard InChI is InChI=1S/C17H22N2O5/c1-4-23-15-7-6-14(19(21)22)9-13(15)10-18-11-17(3,20)16-8-5-12(2)24-16/h5-9,18,20H,4,10-11H2,1-3H3. The van der Waals surface area contributed by atoms with E-state index in [4.69, 9.17) is 9.15 Å². The van der Waals surface area contributed by atoms with Crippen molar-refractivity contribution in [1.29, 1.82) is 0 Å². The van der Waals surface area contributed by atoms with Gasteiger partial charge in [-0.25, -0.2) is 0 Å². The topological polar surface area (TPSA) is 97.8 Å². The second-order valence-electron chi connectivity index (χ2n) is 5.77. The van der Waals surface area contributed by atoms with Gasteiger partial charge in [0.05, 0.1) is 11.5 Å². The third kappa shape index (κ3) is 4.33. The quantitative estimate of drug-likeness (QED) is 0.569. The van der Waals surface area contributed by atoms with E-state index in [9.17, 15) is 15.2 Å². The molecular formula is C17H22N2O5. The van der Waals surface area contributed by atoms with Crippen LogP contribution in [-0.2, 0) is 12.1 Å². The van der Waals surface area contributed by atoms with Crippen molar-refractivity contribution >= 4 is 5.69 Å². The zero-order chi connectivity index (χ0) is 17.7. The van der Waals surface area contributed by atoms with Crippen molar-refractivity contribution < 1.29 is 19.2 Å². The van der Waals surface area contributed by atoms with Crippen molar-refractivity contribution in [3.05, 3.63) is 57.5 Å². The Labute approximate surface area is 140 Å². The Morgan fingerprint density at radius 2 is 2.12 bits per heavy atom. The molecule has 24 heavy (non-hydrogen) atoms. The zero-order valence-corrected chi connectivity index (χ0v) is 14.0. The van der Waals surface area contributed by atoms with E-state index in [1.807, 2.05) is 13.8 Å². The van der Waals surface area contributed by atoms with Crippen LogP contribution in [0.5, 0.6) is 5.75 Å². The second-order valence-corrected chi connectivity index (χ2v) is 5.77. The molecule has 130 valence electrons. The van der Waals surface area contributed by atoms with Gasteiger partial charge in [-0.05, 0) is 39.0 Å². The van der Waals surface area contributed by atoms with E-state index < -0.39 is 10.5 Å². The summed E-state index contributed by atoms with van der Waals surface area (Å²) >= 11 is 0. The van der Waals surface area contributed by atoms with Crippen molar-refractivity contribution in [1.82, 2.24) is 5.32 Å². The van der Waals surface area contributed by atoms with Gasteiger partial charge in [0.25, 0.3) is 5.69 Å². The van der Waals surface area contributed by atoms with E-state index in [0.29, 0.717) is 30.2 Å². The van der Waals surface area contributed by atoms with Gasteiger partial charge in [0.1, 0.15) is 22.9 Å². The molecule has 1 atom stereocenters. The number of aliphatic hydroxyl groups is 1. The van der Waals surface area contributed by atoms with Gasteiger partial charge in [-0.2, -0.15) is 0 Å². The summed E-state index contributed by atoms with van der Waals surface area (Å²) in [5.74, 6) is 1.78. The predicted octanol–water partition coefficient (Wildman–Crippen LogP) is 2.89. The minimum Gasteiger partial charge on any atom is -0.494 e. The Kier molecular flexibility index (Phi) is 5.58. The summed E-state index contributed by atoms with van der Waals surface area (Å²) in [5.41, 5.74) is -0.512. The van der Waals surface area contributed by atoms with Crippen LogP contribution in [0.1, 0.15) is 30.9 Å². The largest absolute Gasteiger partial charge is 0.494 e. The molecule has 0 saturated carbocycles. The predicted molar refractivity (Wildman–Crippen MR) is 89.0 cm³/mol. The van der Waals surface area contributed by atoms with Crippen molar-refractivity contribution in [2.45, 2.75) is 32.9 Å². The highest BCUT2D eigenvalue weighted by Gasteiger charge is 2.26. The molecule has 7 heteroatoms. The lowest BCUT2D eigenvalue weighted by atomic mass is 10.0. The zero-order valence-electron chi connectivity index (χ0n) is 14.0. The van der Waals surface area contributed by atoms with Crippen LogP contribution in [0.25, 0.3) is 0 Å². The molecule has 0 aliphatic heterocycles. The monoisotopic (exact) mass is 334 g/mol. The van der Waals surface area contributed by atoms with Gasteiger partial charge in [-0.15, -0.1) is 0 Å². The summed E-state index contributed by atoms with van der Waals surface area (Å²) in [7, 11) is 0. The highest BCUT2D eigenvalue weighted by molar-refractivity contribution is 5.43. The fraction of sp³-hybridized carbons (Fsp3) is 0.412. The molecule has 0 saturated heterocycles. The summed E-state index contributed by atoms with van der Waals surface area (Å²) in [6.07, 6.45) is 0. The number of furan rings is 1. The third-order valence-corrected chi connectivity index (χ3v) is 3.61. The number of non-ortho nitro benzene ring substituents is 1. The Bertz CT molecular complexity index is 709. The van der Waals surface area contributed by atoms with Crippen LogP contribution in [-0.4, -0.2) is 23.2 Å². The molecule has 1 aromatic heterocycles. The molecule has 1 unspecified atom stereocenters. The number of hydrogen-bond acceptors (Lipinski definition) is 6. The molecule has 0 radical (unpaired) electrons. The van der Waals surface area contributed by atoms with Crippen LogP contribution in [0.3, 0.4) is 0 Å². The van der Waals surface area contributed by atoms with Gasteiger partial charge in [-0.3, -0.25) is 10.1 Å². The van der Waals surface area contributed by atoms with Gasteiger partial charge in [0, 0.05) is 30.8 Å². The van der Waals surface area contributed by atoms with E-state index in [0.717, 1.165) is 5.76 Å². The number of nitrogens with one attached hydrogen (secondary N) is 1. The lowest BCUT2D eigenvalue weighted by molar-refractivity contribution is -0.384. The number of ether oxygens (including phenoxy) is 1. The van der Waals surface area contributed by atoms with Crippen LogP contribution >= 0.6 is 0 Å². The van der Waals surface area contributed by atoms with Crippen molar-refractivity contribution in [2.24, 2.45) is 0 Å². The third-order valence-electron chi connectivity index (χ3n) is 3.61. The van der Waals surface area contributed by atoms with Crippen molar-refractivity contribution in [2.75, 3.05) is 13.2 Å². The molecule has 2 rings (SSSR count). The molecular weight excluding hydrogens is 312 g/mol. The van der Waals surface area contributed by atoms with E-state index >= 15 is 0 Å². The van der Waals surface area contributed by atoms with Crippen LogP contribution in [0.4, 0.5) is 5.69 Å².